The molecule has 0 amide bonds. The van der Waals surface area contributed by atoms with E-state index in [0.717, 1.165) is 0 Å². The maximum Gasteiger partial charge on any atom is 0.266 e. The van der Waals surface area contributed by atoms with E-state index in [1.54, 1.807) is 13.0 Å². The first kappa shape index (κ1) is 14.1. The number of nitrogens with zero attached hydrogens (tertiary/aromatic N) is 2. The van der Waals surface area contributed by atoms with E-state index < -0.39 is 5.56 Å². The Kier molecular flexibility index (Phi) is 3.81. The lowest BCUT2D eigenvalue weighted by atomic mass is 9.99. The third-order valence-corrected chi connectivity index (χ3v) is 3.32. The fraction of sp³-hybridized carbons (Fsp3) is 0.0714. The lowest BCUT2D eigenvalue weighted by Crippen LogP contribution is -2.13. The molecule has 0 radical (unpaired) electrons. The van der Waals surface area contributed by atoms with Crippen LogP contribution in [0.1, 0.15) is 16.8 Å². The molecule has 0 atom stereocenters. The normalized spacial score (nSPS) is 9.85. The summed E-state index contributed by atoms with van der Waals surface area (Å²) in [6, 6.07) is 8.30. The van der Waals surface area contributed by atoms with Gasteiger partial charge in [-0.25, -0.2) is 0 Å². The van der Waals surface area contributed by atoms with Gasteiger partial charge >= 0.3 is 0 Å². The molecule has 2 rings (SSSR count). The molecule has 6 heteroatoms. The van der Waals surface area contributed by atoms with Crippen molar-refractivity contribution in [1.29, 1.82) is 10.5 Å². The molecule has 0 spiro atoms. The molecule has 1 N–H and O–H groups in total. The molecule has 0 bridgehead atoms. The van der Waals surface area contributed by atoms with Crippen molar-refractivity contribution in [3.8, 4) is 23.3 Å². The number of nitrogens with one attached hydrogen (secondary N) is 1. The van der Waals surface area contributed by atoms with Gasteiger partial charge in [-0.1, -0.05) is 23.2 Å². The smallest absolute Gasteiger partial charge is 0.266 e. The van der Waals surface area contributed by atoms with Crippen molar-refractivity contribution in [3.63, 3.8) is 0 Å². The predicted octanol–water partition coefficient (Wildman–Crippen LogP) is 3.40. The van der Waals surface area contributed by atoms with E-state index in [1.807, 2.05) is 12.1 Å². The summed E-state index contributed by atoms with van der Waals surface area (Å²) in [5.41, 5.74) is 1.05. The first-order chi connectivity index (χ1) is 9.47. The highest BCUT2D eigenvalue weighted by Crippen LogP contribution is 2.36. The number of aryl methyl sites for hydroxylation is 1. The number of H-pyrrole nitrogens is 1. The average Bonchev–Trinajstić information content (AvgIpc) is 2.37. The number of halogens is 2. The van der Waals surface area contributed by atoms with E-state index in [-0.39, 0.29) is 15.6 Å². The van der Waals surface area contributed by atoms with E-state index >= 15 is 0 Å². The van der Waals surface area contributed by atoms with Crippen LogP contribution in [0.4, 0.5) is 0 Å². The third-order valence-electron chi connectivity index (χ3n) is 2.72. The Morgan fingerprint density at radius 1 is 1.10 bits per heavy atom. The van der Waals surface area contributed by atoms with Crippen molar-refractivity contribution >= 4 is 23.2 Å². The Morgan fingerprint density at radius 2 is 1.70 bits per heavy atom. The minimum Gasteiger partial charge on any atom is -0.325 e. The summed E-state index contributed by atoms with van der Waals surface area (Å²) in [5, 5.41) is 18.4. The zero-order valence-corrected chi connectivity index (χ0v) is 11.8. The van der Waals surface area contributed by atoms with Crippen molar-refractivity contribution in [2.45, 2.75) is 6.92 Å². The topological polar surface area (TPSA) is 80.4 Å². The molecule has 0 saturated carbocycles. The van der Waals surface area contributed by atoms with Crippen LogP contribution in [0.25, 0.3) is 11.1 Å². The minimum absolute atomic E-state index is 0.0656. The SMILES string of the molecule is Cc1cc(-c2c(Cl)cc(C#N)cc2Cl)c(C#N)c(=O)[nH]1. The zero-order valence-electron chi connectivity index (χ0n) is 10.3. The molecule has 1 aromatic heterocycles. The van der Waals surface area contributed by atoms with Crippen LogP contribution in [0.5, 0.6) is 0 Å². The van der Waals surface area contributed by atoms with Crippen LogP contribution in [0.3, 0.4) is 0 Å². The van der Waals surface area contributed by atoms with Gasteiger partial charge in [0.15, 0.2) is 0 Å². The first-order valence-electron chi connectivity index (χ1n) is 5.51. The highest BCUT2D eigenvalue weighted by molar-refractivity contribution is 6.39. The second-order valence-corrected chi connectivity index (χ2v) is 4.92. The molecular weight excluding hydrogens is 297 g/mol. The van der Waals surface area contributed by atoms with Gasteiger partial charge in [-0.05, 0) is 25.1 Å². The summed E-state index contributed by atoms with van der Waals surface area (Å²) in [4.78, 5) is 14.3. The van der Waals surface area contributed by atoms with Crippen LogP contribution in [0.15, 0.2) is 23.0 Å². The van der Waals surface area contributed by atoms with E-state index in [0.29, 0.717) is 22.4 Å². The fourth-order valence-electron chi connectivity index (χ4n) is 1.89. The number of hydrogen-bond donors (Lipinski definition) is 1. The van der Waals surface area contributed by atoms with Crippen LogP contribution < -0.4 is 5.56 Å². The van der Waals surface area contributed by atoms with Gasteiger partial charge in [-0.3, -0.25) is 4.79 Å². The zero-order chi connectivity index (χ0) is 14.9. The Bertz CT molecular complexity index is 818. The Balaban J connectivity index is 2.87. The van der Waals surface area contributed by atoms with Crippen molar-refractivity contribution < 1.29 is 0 Å². The first-order valence-corrected chi connectivity index (χ1v) is 6.27. The van der Waals surface area contributed by atoms with Gasteiger partial charge in [-0.2, -0.15) is 10.5 Å². The number of pyridine rings is 1. The van der Waals surface area contributed by atoms with E-state index in [2.05, 4.69) is 4.98 Å². The van der Waals surface area contributed by atoms with Gasteiger partial charge in [0, 0.05) is 16.8 Å². The van der Waals surface area contributed by atoms with Crippen LogP contribution in [0.2, 0.25) is 10.0 Å². The second kappa shape index (κ2) is 5.38. The van der Waals surface area contributed by atoms with Crippen LogP contribution in [-0.4, -0.2) is 4.98 Å². The molecule has 98 valence electrons. The number of aromatic nitrogens is 1. The highest BCUT2D eigenvalue weighted by Gasteiger charge is 2.17. The molecule has 20 heavy (non-hydrogen) atoms. The van der Waals surface area contributed by atoms with Crippen LogP contribution in [0, 0.1) is 29.6 Å². The lowest BCUT2D eigenvalue weighted by molar-refractivity contribution is 1.13. The third kappa shape index (κ3) is 2.40. The maximum absolute atomic E-state index is 11.8. The maximum atomic E-state index is 11.8. The number of benzene rings is 1. The molecule has 4 nitrogen and oxygen atoms in total. The molecule has 0 aliphatic heterocycles. The molecule has 0 saturated heterocycles. The molecule has 1 aromatic carbocycles. The lowest BCUT2D eigenvalue weighted by Gasteiger charge is -2.10. The number of hydrogen-bond acceptors (Lipinski definition) is 3. The Hall–Kier alpha value is -2.27. The molecule has 0 fully saturated rings. The molecule has 2 aromatic rings. The summed E-state index contributed by atoms with van der Waals surface area (Å²) in [7, 11) is 0. The second-order valence-electron chi connectivity index (χ2n) is 4.11. The van der Waals surface area contributed by atoms with Crippen LogP contribution in [-0.2, 0) is 0 Å². The Labute approximate surface area is 124 Å². The van der Waals surface area contributed by atoms with Crippen molar-refractivity contribution in [1.82, 2.24) is 4.98 Å². The van der Waals surface area contributed by atoms with Crippen molar-refractivity contribution in [2.24, 2.45) is 0 Å². The molecule has 0 unspecified atom stereocenters. The van der Waals surface area contributed by atoms with Crippen LogP contribution >= 0.6 is 23.2 Å². The number of rotatable bonds is 1. The van der Waals surface area contributed by atoms with Crippen molar-refractivity contribution in [3.05, 3.63) is 55.4 Å². The predicted molar refractivity (Wildman–Crippen MR) is 76.7 cm³/mol. The van der Waals surface area contributed by atoms with Gasteiger partial charge in [0.25, 0.3) is 5.56 Å². The van der Waals surface area contributed by atoms with Gasteiger partial charge in [0.05, 0.1) is 21.7 Å². The molecule has 0 aliphatic rings. The van der Waals surface area contributed by atoms with E-state index in [9.17, 15) is 4.79 Å². The van der Waals surface area contributed by atoms with Gasteiger partial charge in [0.2, 0.25) is 0 Å². The fourth-order valence-corrected chi connectivity index (χ4v) is 2.58. The standard InChI is InChI=1S/C14H7Cl2N3O/c1-7-2-9(10(6-18)14(20)19-7)13-11(15)3-8(5-17)4-12(13)16/h2-4H,1H3,(H,19,20). The monoisotopic (exact) mass is 303 g/mol. The number of nitriles is 2. The van der Waals surface area contributed by atoms with E-state index in [4.69, 9.17) is 33.7 Å². The summed E-state index contributed by atoms with van der Waals surface area (Å²) in [6.45, 7) is 1.69. The van der Waals surface area contributed by atoms with E-state index in [1.165, 1.54) is 12.1 Å². The quantitative estimate of drug-likeness (QED) is 0.876. The highest BCUT2D eigenvalue weighted by atomic mass is 35.5. The van der Waals surface area contributed by atoms with Crippen molar-refractivity contribution in [2.75, 3.05) is 0 Å². The average molecular weight is 304 g/mol. The largest absolute Gasteiger partial charge is 0.325 e. The number of aromatic amines is 1. The summed E-state index contributed by atoms with van der Waals surface area (Å²) in [6.07, 6.45) is 0. The van der Waals surface area contributed by atoms with Gasteiger partial charge in [0.1, 0.15) is 11.6 Å². The molecule has 1 heterocycles. The van der Waals surface area contributed by atoms with Gasteiger partial charge < -0.3 is 4.98 Å². The Morgan fingerprint density at radius 3 is 2.20 bits per heavy atom. The summed E-state index contributed by atoms with van der Waals surface area (Å²) in [5.74, 6) is 0. The summed E-state index contributed by atoms with van der Waals surface area (Å²) < 4.78 is 0. The van der Waals surface area contributed by atoms with Gasteiger partial charge in [-0.15, -0.1) is 0 Å². The molecular formula is C14H7Cl2N3O. The minimum atomic E-state index is -0.501. The molecule has 0 aliphatic carbocycles. The summed E-state index contributed by atoms with van der Waals surface area (Å²) >= 11 is 12.2.